The van der Waals surface area contributed by atoms with Crippen molar-refractivity contribution < 1.29 is 9.59 Å². The van der Waals surface area contributed by atoms with Crippen LogP contribution in [-0.2, 0) is 9.59 Å². The maximum absolute atomic E-state index is 12.7. The fourth-order valence-electron chi connectivity index (χ4n) is 3.15. The van der Waals surface area contributed by atoms with Gasteiger partial charge in [-0.25, -0.2) is 0 Å². The van der Waals surface area contributed by atoms with Gasteiger partial charge in [0.25, 0.3) is 0 Å². The Hall–Kier alpha value is -1.24. The highest BCUT2D eigenvalue weighted by Gasteiger charge is 2.32. The van der Waals surface area contributed by atoms with Gasteiger partial charge in [0.05, 0.1) is 10.7 Å². The molecule has 0 saturated carbocycles. The molecule has 1 aromatic rings. The van der Waals surface area contributed by atoms with Gasteiger partial charge in [-0.05, 0) is 25.0 Å². The van der Waals surface area contributed by atoms with Gasteiger partial charge in [0.2, 0.25) is 11.8 Å². The van der Waals surface area contributed by atoms with E-state index in [9.17, 15) is 9.59 Å². The summed E-state index contributed by atoms with van der Waals surface area (Å²) in [6.07, 6.45) is 1.95. The van der Waals surface area contributed by atoms with Gasteiger partial charge < -0.3 is 15.5 Å². The van der Waals surface area contributed by atoms with Crippen molar-refractivity contribution in [2.75, 3.05) is 29.5 Å². The number of nitrogens with zero attached hydrogens (tertiary/aromatic N) is 1. The Morgan fingerprint density at radius 2 is 2.25 bits per heavy atom. The Bertz CT molecular complexity index is 607. The quantitative estimate of drug-likeness (QED) is 0.855. The summed E-state index contributed by atoms with van der Waals surface area (Å²) >= 11 is 8.07. The second-order valence-electron chi connectivity index (χ2n) is 6.13. The van der Waals surface area contributed by atoms with Crippen LogP contribution in [-0.4, -0.2) is 48.5 Å². The first kappa shape index (κ1) is 17.6. The molecule has 2 atom stereocenters. The number of benzene rings is 1. The number of halogens is 1. The molecule has 24 heavy (non-hydrogen) atoms. The first-order valence-corrected chi connectivity index (χ1v) is 9.85. The lowest BCUT2D eigenvalue weighted by Gasteiger charge is -2.33. The first-order valence-electron chi connectivity index (χ1n) is 8.31. The van der Waals surface area contributed by atoms with Crippen LogP contribution in [0.1, 0.15) is 19.3 Å². The molecular weight excluding hydrogens is 346 g/mol. The molecule has 0 aliphatic carbocycles. The molecular formula is C17H22ClN3O2S. The standard InChI is InChI=1S/C17H22ClN3O2S/c18-13-4-1-2-6-15(13)21-8-3-5-14(17(21)23)20-16(22)10-12-11-24-9-7-19-12/h1-2,4,6,12,14,19H,3,5,7-11H2,(H,20,22). The Morgan fingerprint density at radius 3 is 3.00 bits per heavy atom. The number of para-hydroxylation sites is 1. The van der Waals surface area contributed by atoms with E-state index in [0.717, 1.165) is 24.5 Å². The van der Waals surface area contributed by atoms with Crippen molar-refractivity contribution in [1.29, 1.82) is 0 Å². The van der Waals surface area contributed by atoms with E-state index in [1.54, 1.807) is 11.0 Å². The van der Waals surface area contributed by atoms with Gasteiger partial charge >= 0.3 is 0 Å². The number of rotatable bonds is 4. The van der Waals surface area contributed by atoms with Crippen molar-refractivity contribution >= 4 is 40.9 Å². The zero-order chi connectivity index (χ0) is 16.9. The molecule has 2 aliphatic heterocycles. The first-order chi connectivity index (χ1) is 11.6. The van der Waals surface area contributed by atoms with Crippen molar-refractivity contribution in [3.05, 3.63) is 29.3 Å². The van der Waals surface area contributed by atoms with E-state index in [1.807, 2.05) is 30.0 Å². The number of hydrogen-bond donors (Lipinski definition) is 2. The van der Waals surface area contributed by atoms with Gasteiger partial charge in [-0.3, -0.25) is 9.59 Å². The van der Waals surface area contributed by atoms with Crippen LogP contribution in [0.2, 0.25) is 5.02 Å². The molecule has 0 bridgehead atoms. The monoisotopic (exact) mass is 367 g/mol. The molecule has 0 spiro atoms. The average Bonchev–Trinajstić information content (AvgIpc) is 2.58. The molecule has 1 aromatic carbocycles. The van der Waals surface area contributed by atoms with Crippen LogP contribution in [0.3, 0.4) is 0 Å². The molecule has 2 heterocycles. The predicted molar refractivity (Wildman–Crippen MR) is 98.7 cm³/mol. The Balaban J connectivity index is 1.60. The van der Waals surface area contributed by atoms with Crippen molar-refractivity contribution in [3.8, 4) is 0 Å². The molecule has 5 nitrogen and oxygen atoms in total. The Kier molecular flexibility index (Phi) is 6.03. The highest BCUT2D eigenvalue weighted by Crippen LogP contribution is 2.28. The molecule has 2 fully saturated rings. The van der Waals surface area contributed by atoms with Crippen molar-refractivity contribution in [1.82, 2.24) is 10.6 Å². The van der Waals surface area contributed by atoms with Gasteiger partial charge in [-0.2, -0.15) is 11.8 Å². The van der Waals surface area contributed by atoms with Gasteiger partial charge in [0.15, 0.2) is 0 Å². The summed E-state index contributed by atoms with van der Waals surface area (Å²) in [5.74, 6) is 1.90. The topological polar surface area (TPSA) is 61.4 Å². The maximum atomic E-state index is 12.7. The van der Waals surface area contributed by atoms with E-state index in [-0.39, 0.29) is 17.9 Å². The minimum Gasteiger partial charge on any atom is -0.344 e. The van der Waals surface area contributed by atoms with Crippen molar-refractivity contribution in [2.24, 2.45) is 0 Å². The molecule has 7 heteroatoms. The smallest absolute Gasteiger partial charge is 0.249 e. The highest BCUT2D eigenvalue weighted by atomic mass is 35.5. The zero-order valence-corrected chi connectivity index (χ0v) is 15.0. The molecule has 130 valence electrons. The lowest BCUT2D eigenvalue weighted by atomic mass is 10.0. The summed E-state index contributed by atoms with van der Waals surface area (Å²) in [7, 11) is 0. The van der Waals surface area contributed by atoms with Crippen LogP contribution in [0.25, 0.3) is 0 Å². The number of anilines is 1. The van der Waals surface area contributed by atoms with Crippen LogP contribution in [0, 0.1) is 0 Å². The summed E-state index contributed by atoms with van der Waals surface area (Å²) in [5.41, 5.74) is 0.716. The molecule has 2 saturated heterocycles. The fraction of sp³-hybridized carbons (Fsp3) is 0.529. The minimum absolute atomic E-state index is 0.0608. The van der Waals surface area contributed by atoms with Gasteiger partial charge in [-0.15, -0.1) is 0 Å². The highest BCUT2D eigenvalue weighted by molar-refractivity contribution is 7.99. The van der Waals surface area contributed by atoms with Gasteiger partial charge in [-0.1, -0.05) is 23.7 Å². The van der Waals surface area contributed by atoms with E-state index < -0.39 is 6.04 Å². The summed E-state index contributed by atoms with van der Waals surface area (Å²) < 4.78 is 0. The Morgan fingerprint density at radius 1 is 1.42 bits per heavy atom. The van der Waals surface area contributed by atoms with E-state index in [2.05, 4.69) is 10.6 Å². The lowest BCUT2D eigenvalue weighted by Crippen LogP contribution is -2.53. The summed E-state index contributed by atoms with van der Waals surface area (Å²) in [4.78, 5) is 26.7. The molecule has 0 aromatic heterocycles. The molecule has 2 N–H and O–H groups in total. The van der Waals surface area contributed by atoms with E-state index >= 15 is 0 Å². The maximum Gasteiger partial charge on any atom is 0.249 e. The largest absolute Gasteiger partial charge is 0.344 e. The summed E-state index contributed by atoms with van der Waals surface area (Å²) in [6.45, 7) is 1.57. The van der Waals surface area contributed by atoms with E-state index in [4.69, 9.17) is 11.6 Å². The van der Waals surface area contributed by atoms with Crippen molar-refractivity contribution in [2.45, 2.75) is 31.3 Å². The number of hydrogen-bond acceptors (Lipinski definition) is 4. The third kappa shape index (κ3) is 4.23. The molecule has 2 unspecified atom stereocenters. The summed E-state index contributed by atoms with van der Waals surface area (Å²) in [5, 5.41) is 6.82. The third-order valence-corrected chi connectivity index (χ3v) is 5.80. The lowest BCUT2D eigenvalue weighted by molar-refractivity contribution is -0.128. The summed E-state index contributed by atoms with van der Waals surface area (Å²) in [6, 6.07) is 7.06. The van der Waals surface area contributed by atoms with Crippen LogP contribution in [0.4, 0.5) is 5.69 Å². The number of amides is 2. The van der Waals surface area contributed by atoms with E-state index in [1.165, 1.54) is 0 Å². The average molecular weight is 368 g/mol. The number of carbonyl (C=O) groups is 2. The van der Waals surface area contributed by atoms with E-state index in [0.29, 0.717) is 30.1 Å². The van der Waals surface area contributed by atoms with Crippen LogP contribution < -0.4 is 15.5 Å². The molecule has 2 amide bonds. The van der Waals surface area contributed by atoms with Crippen LogP contribution >= 0.6 is 23.4 Å². The molecule has 3 rings (SSSR count). The van der Waals surface area contributed by atoms with Gasteiger partial charge in [0, 0.05) is 37.1 Å². The minimum atomic E-state index is -0.459. The number of carbonyl (C=O) groups excluding carboxylic acids is 2. The second kappa shape index (κ2) is 8.23. The number of nitrogens with one attached hydrogen (secondary N) is 2. The predicted octanol–water partition coefficient (Wildman–Crippen LogP) is 2.05. The zero-order valence-electron chi connectivity index (χ0n) is 13.5. The number of piperidine rings is 1. The van der Waals surface area contributed by atoms with Crippen LogP contribution in [0.15, 0.2) is 24.3 Å². The fourth-order valence-corrected chi connectivity index (χ4v) is 4.33. The molecule has 2 aliphatic rings. The third-order valence-electron chi connectivity index (χ3n) is 4.35. The van der Waals surface area contributed by atoms with Crippen LogP contribution in [0.5, 0.6) is 0 Å². The molecule has 0 radical (unpaired) electrons. The van der Waals surface area contributed by atoms with Gasteiger partial charge in [0.1, 0.15) is 6.04 Å². The SMILES string of the molecule is O=C(CC1CSCCN1)NC1CCCN(c2ccccc2Cl)C1=O. The number of thioether (sulfide) groups is 1. The normalized spacial score (nSPS) is 24.7. The Labute approximate surface area is 151 Å². The van der Waals surface area contributed by atoms with Crippen molar-refractivity contribution in [3.63, 3.8) is 0 Å². The second-order valence-corrected chi connectivity index (χ2v) is 7.69.